The predicted octanol–water partition coefficient (Wildman–Crippen LogP) is 9.27. The monoisotopic (exact) mass is 680 g/mol. The lowest BCUT2D eigenvalue weighted by Crippen LogP contribution is -2.05. The first-order valence-electron chi connectivity index (χ1n) is 18.2. The van der Waals surface area contributed by atoms with Crippen molar-refractivity contribution in [2.24, 2.45) is 7.05 Å². The fourth-order valence-electron chi connectivity index (χ4n) is 7.76. The molecule has 0 amide bonds. The first-order valence-corrected chi connectivity index (χ1v) is 18.2. The molecule has 256 valence electrons. The first-order chi connectivity index (χ1) is 25.4. The molecule has 4 aromatic carbocycles. The Kier molecular flexibility index (Phi) is 7.95. The van der Waals surface area contributed by atoms with E-state index >= 15 is 0 Å². The lowest BCUT2D eigenvalue weighted by Gasteiger charge is -2.20. The molecule has 0 saturated heterocycles. The summed E-state index contributed by atoms with van der Waals surface area (Å²) in [5.41, 5.74) is 17.1. The SMILES string of the molecule is CCC1C=CC=Cc2c1c(-c1ccc3ncc(CCc4nc5ccccc5[nH]4)nc3c1)cc1nc(CCc3cnc4c(C)ccc(C)c4n3)n(C)c21. The molecule has 0 saturated carbocycles. The number of rotatable bonds is 8. The zero-order chi connectivity index (χ0) is 35.3. The summed E-state index contributed by atoms with van der Waals surface area (Å²) in [5, 5.41) is 0. The molecule has 0 bridgehead atoms. The Labute approximate surface area is 302 Å². The Morgan fingerprint density at radius 2 is 1.52 bits per heavy atom. The number of nitrogens with zero attached hydrogens (tertiary/aromatic N) is 7. The second-order valence-electron chi connectivity index (χ2n) is 14.0. The van der Waals surface area contributed by atoms with Gasteiger partial charge in [0.1, 0.15) is 11.6 Å². The number of hydrogen-bond donors (Lipinski definition) is 1. The number of allylic oxidation sites excluding steroid dienone is 3. The van der Waals surface area contributed by atoms with E-state index in [0.29, 0.717) is 0 Å². The van der Waals surface area contributed by atoms with Crippen LogP contribution in [0.1, 0.15) is 64.6 Å². The first kappa shape index (κ1) is 31.9. The van der Waals surface area contributed by atoms with E-state index in [4.69, 9.17) is 29.9 Å². The van der Waals surface area contributed by atoms with Crippen LogP contribution in [0.5, 0.6) is 0 Å². The van der Waals surface area contributed by atoms with Crippen LogP contribution >= 0.6 is 0 Å². The molecule has 1 aliphatic rings. The van der Waals surface area contributed by atoms with E-state index in [1.807, 2.05) is 30.6 Å². The minimum atomic E-state index is 0.263. The van der Waals surface area contributed by atoms with Crippen molar-refractivity contribution in [3.63, 3.8) is 0 Å². The minimum Gasteiger partial charge on any atom is -0.342 e. The van der Waals surface area contributed by atoms with Crippen molar-refractivity contribution in [3.8, 4) is 11.1 Å². The number of benzene rings is 4. The second-order valence-corrected chi connectivity index (χ2v) is 14.0. The summed E-state index contributed by atoms with van der Waals surface area (Å²) >= 11 is 0. The van der Waals surface area contributed by atoms with Crippen LogP contribution in [0.4, 0.5) is 0 Å². The van der Waals surface area contributed by atoms with Crippen LogP contribution in [0.3, 0.4) is 0 Å². The van der Waals surface area contributed by atoms with E-state index < -0.39 is 0 Å². The molecule has 8 nitrogen and oxygen atoms in total. The van der Waals surface area contributed by atoms with Gasteiger partial charge >= 0.3 is 0 Å². The van der Waals surface area contributed by atoms with Gasteiger partial charge in [0.25, 0.3) is 0 Å². The third-order valence-electron chi connectivity index (χ3n) is 10.6. The number of para-hydroxylation sites is 2. The van der Waals surface area contributed by atoms with Crippen LogP contribution in [-0.2, 0) is 32.7 Å². The molecule has 0 fully saturated rings. The van der Waals surface area contributed by atoms with Crippen molar-refractivity contribution >= 4 is 50.2 Å². The van der Waals surface area contributed by atoms with Gasteiger partial charge in [0.05, 0.1) is 55.5 Å². The fraction of sp³-hybridized carbons (Fsp3) is 0.227. The maximum Gasteiger partial charge on any atom is 0.110 e. The number of fused-ring (bicyclic) bond motifs is 6. The van der Waals surface area contributed by atoms with Crippen molar-refractivity contribution < 1.29 is 0 Å². The third kappa shape index (κ3) is 5.64. The third-order valence-corrected chi connectivity index (χ3v) is 10.6. The van der Waals surface area contributed by atoms with E-state index in [9.17, 15) is 0 Å². The number of imidazole rings is 2. The van der Waals surface area contributed by atoms with Crippen LogP contribution in [0, 0.1) is 13.8 Å². The van der Waals surface area contributed by atoms with Crippen molar-refractivity contribution in [2.45, 2.75) is 58.8 Å². The number of aromatic amines is 1. The number of hydrogen-bond acceptors (Lipinski definition) is 6. The highest BCUT2D eigenvalue weighted by Crippen LogP contribution is 2.41. The maximum absolute atomic E-state index is 5.27. The molecule has 8 heteroatoms. The molecule has 0 radical (unpaired) electrons. The summed E-state index contributed by atoms with van der Waals surface area (Å²) in [5.74, 6) is 2.26. The minimum absolute atomic E-state index is 0.263. The lowest BCUT2D eigenvalue weighted by atomic mass is 9.85. The molecule has 1 aliphatic carbocycles. The van der Waals surface area contributed by atoms with Gasteiger partial charge in [0.2, 0.25) is 0 Å². The van der Waals surface area contributed by atoms with Gasteiger partial charge in [-0.2, -0.15) is 0 Å². The number of nitrogens with one attached hydrogen (secondary N) is 1. The predicted molar refractivity (Wildman–Crippen MR) is 210 cm³/mol. The Balaban J connectivity index is 1.08. The summed E-state index contributed by atoms with van der Waals surface area (Å²) < 4.78 is 2.28. The van der Waals surface area contributed by atoms with E-state index in [1.54, 1.807) is 0 Å². The highest BCUT2D eigenvalue weighted by atomic mass is 15.1. The van der Waals surface area contributed by atoms with Crippen molar-refractivity contribution in [3.05, 3.63) is 137 Å². The molecule has 0 aliphatic heterocycles. The highest BCUT2D eigenvalue weighted by molar-refractivity contribution is 5.95. The molecule has 1 atom stereocenters. The number of aryl methyl sites for hydroxylation is 7. The quantitative estimate of drug-likeness (QED) is 0.172. The van der Waals surface area contributed by atoms with Gasteiger partial charge in [-0.15, -0.1) is 0 Å². The van der Waals surface area contributed by atoms with Gasteiger partial charge in [-0.1, -0.05) is 61.6 Å². The van der Waals surface area contributed by atoms with E-state index in [-0.39, 0.29) is 5.92 Å². The van der Waals surface area contributed by atoms with Gasteiger partial charge in [0, 0.05) is 43.8 Å². The normalized spacial score (nSPS) is 14.2. The zero-order valence-electron chi connectivity index (χ0n) is 30.0. The summed E-state index contributed by atoms with van der Waals surface area (Å²) in [7, 11) is 2.15. The van der Waals surface area contributed by atoms with Gasteiger partial charge in [-0.3, -0.25) is 9.97 Å². The molecule has 1 N–H and O–H groups in total. The summed E-state index contributed by atoms with van der Waals surface area (Å²) in [6, 6.07) is 21.1. The Bertz CT molecular complexity index is 2700. The average molecular weight is 681 g/mol. The largest absolute Gasteiger partial charge is 0.342 e. The molecule has 4 heterocycles. The summed E-state index contributed by atoms with van der Waals surface area (Å²) in [6.07, 6.45) is 16.8. The Morgan fingerprint density at radius 3 is 2.38 bits per heavy atom. The number of aromatic nitrogens is 8. The molecular formula is C44H40N8. The van der Waals surface area contributed by atoms with Crippen LogP contribution in [-0.4, -0.2) is 39.5 Å². The highest BCUT2D eigenvalue weighted by Gasteiger charge is 2.24. The maximum atomic E-state index is 5.27. The molecule has 9 rings (SSSR count). The molecule has 0 spiro atoms. The van der Waals surface area contributed by atoms with Crippen LogP contribution in [0.25, 0.3) is 61.3 Å². The Hall–Kier alpha value is -6.02. The Morgan fingerprint density at radius 1 is 0.712 bits per heavy atom. The average Bonchev–Trinajstić information content (AvgIpc) is 3.65. The standard InChI is InChI=1S/C44H40N8/c1-5-28-10-6-7-11-32-41(28)33(23-38-44(32)52(4)40(51-38)21-18-31-25-46-42-26(2)14-15-27(3)43(42)48-31)29-16-19-34-37(22-29)47-30(24-45-34)17-20-39-49-35-12-8-9-13-36(35)50-39/h6-16,19,22-25,28H,5,17-18,20-21H2,1-4H3,(H,49,50). The smallest absolute Gasteiger partial charge is 0.110 e. The molecular weight excluding hydrogens is 641 g/mol. The second kappa shape index (κ2) is 12.9. The number of H-pyrrole nitrogens is 1. The van der Waals surface area contributed by atoms with Crippen molar-refractivity contribution in [1.82, 2.24) is 39.5 Å². The van der Waals surface area contributed by atoms with Crippen LogP contribution in [0.2, 0.25) is 0 Å². The molecule has 4 aromatic heterocycles. The molecule has 1 unspecified atom stereocenters. The lowest BCUT2D eigenvalue weighted by molar-refractivity contribution is 0.773. The zero-order valence-corrected chi connectivity index (χ0v) is 30.0. The van der Waals surface area contributed by atoms with Crippen LogP contribution < -0.4 is 0 Å². The van der Waals surface area contributed by atoms with E-state index in [1.165, 1.54) is 16.7 Å². The molecule has 8 aromatic rings. The molecule has 52 heavy (non-hydrogen) atoms. The van der Waals surface area contributed by atoms with Gasteiger partial charge in [0.15, 0.2) is 0 Å². The summed E-state index contributed by atoms with van der Waals surface area (Å²) in [4.78, 5) is 33.2. The summed E-state index contributed by atoms with van der Waals surface area (Å²) in [6.45, 7) is 6.46. The fourth-order valence-corrected chi connectivity index (χ4v) is 7.76. The van der Waals surface area contributed by atoms with E-state index in [2.05, 4.69) is 104 Å². The van der Waals surface area contributed by atoms with Crippen LogP contribution in [0.15, 0.2) is 91.3 Å². The van der Waals surface area contributed by atoms with Gasteiger partial charge < -0.3 is 9.55 Å². The topological polar surface area (TPSA) is 98.1 Å². The van der Waals surface area contributed by atoms with Gasteiger partial charge in [-0.05, 0) is 91.3 Å². The van der Waals surface area contributed by atoms with Gasteiger partial charge in [-0.25, -0.2) is 19.9 Å². The van der Waals surface area contributed by atoms with Crippen molar-refractivity contribution in [1.29, 1.82) is 0 Å². The van der Waals surface area contributed by atoms with E-state index in [0.717, 1.165) is 116 Å². The van der Waals surface area contributed by atoms with Crippen molar-refractivity contribution in [2.75, 3.05) is 0 Å².